The molecule has 1 amide bonds. The molecule has 2 aromatic rings. The number of nitrogens with zero attached hydrogens (tertiary/aromatic N) is 1. The lowest BCUT2D eigenvalue weighted by Crippen LogP contribution is -2.48. The van der Waals surface area contributed by atoms with Crippen LogP contribution in [0.2, 0.25) is 0 Å². The van der Waals surface area contributed by atoms with Crippen molar-refractivity contribution >= 4 is 15.9 Å². The molecule has 0 aromatic heterocycles. The third kappa shape index (κ3) is 5.95. The van der Waals surface area contributed by atoms with Crippen LogP contribution in [0.1, 0.15) is 51.0 Å². The molecule has 4 rings (SSSR count). The molecule has 0 saturated carbocycles. The Bertz CT molecular complexity index is 1070. The van der Waals surface area contributed by atoms with Crippen molar-refractivity contribution in [1.82, 2.24) is 9.62 Å². The molecular formula is C26H34N2O4S. The van der Waals surface area contributed by atoms with Crippen molar-refractivity contribution in [3.05, 3.63) is 54.1 Å². The molecule has 7 heteroatoms. The van der Waals surface area contributed by atoms with E-state index in [0.717, 1.165) is 48.1 Å². The lowest BCUT2D eigenvalue weighted by atomic mass is 9.96. The Hall–Kier alpha value is -2.38. The molecule has 2 aromatic carbocycles. The summed E-state index contributed by atoms with van der Waals surface area (Å²) in [5, 5.41) is 0. The molecule has 1 fully saturated rings. The van der Waals surface area contributed by atoms with Crippen LogP contribution in [0.15, 0.2) is 48.5 Å². The van der Waals surface area contributed by atoms with Crippen molar-refractivity contribution in [2.24, 2.45) is 0 Å². The van der Waals surface area contributed by atoms with Crippen LogP contribution >= 0.6 is 0 Å². The summed E-state index contributed by atoms with van der Waals surface area (Å²) in [5.74, 6) is 1.05. The van der Waals surface area contributed by atoms with Crippen molar-refractivity contribution in [3.8, 4) is 16.9 Å². The molecule has 2 unspecified atom stereocenters. The van der Waals surface area contributed by atoms with E-state index in [0.29, 0.717) is 32.4 Å². The van der Waals surface area contributed by atoms with Crippen LogP contribution in [0.4, 0.5) is 0 Å². The molecule has 2 aliphatic rings. The minimum absolute atomic E-state index is 0.0381. The van der Waals surface area contributed by atoms with Crippen molar-refractivity contribution < 1.29 is 17.9 Å². The standard InChI is InChI=1S/C26H34N2O4S/c1-2-33(30,31)27-23-15-16-28-24(23)19-20-10-9-11-21(18-20)22-12-6-7-13-25(22)32-17-8-4-3-5-14-26(28)29/h6-7,9-13,18,23-24,27H,2-5,8,14-17,19H2,1H3. The van der Waals surface area contributed by atoms with Gasteiger partial charge in [0, 0.05) is 24.6 Å². The lowest BCUT2D eigenvalue weighted by Gasteiger charge is -2.29. The maximum Gasteiger partial charge on any atom is 0.222 e. The number of hydrogen-bond donors (Lipinski definition) is 1. The summed E-state index contributed by atoms with van der Waals surface area (Å²) in [6, 6.07) is 15.9. The van der Waals surface area contributed by atoms with Gasteiger partial charge in [0.1, 0.15) is 5.75 Å². The van der Waals surface area contributed by atoms with Crippen LogP contribution in [0.25, 0.3) is 11.1 Å². The molecule has 0 radical (unpaired) electrons. The second-order valence-electron chi connectivity index (χ2n) is 8.98. The summed E-state index contributed by atoms with van der Waals surface area (Å²) in [7, 11) is -3.36. The topological polar surface area (TPSA) is 75.7 Å². The number of ether oxygens (including phenoxy) is 1. The molecule has 2 atom stereocenters. The van der Waals surface area contributed by atoms with Gasteiger partial charge in [-0.3, -0.25) is 4.79 Å². The zero-order valence-corrected chi connectivity index (χ0v) is 20.1. The van der Waals surface area contributed by atoms with Crippen LogP contribution in [-0.2, 0) is 21.2 Å². The first-order chi connectivity index (χ1) is 16.0. The van der Waals surface area contributed by atoms with E-state index in [1.54, 1.807) is 6.92 Å². The number of amides is 1. The van der Waals surface area contributed by atoms with Gasteiger partial charge in [-0.2, -0.15) is 0 Å². The van der Waals surface area contributed by atoms with Crippen LogP contribution < -0.4 is 9.46 Å². The average Bonchev–Trinajstić information content (AvgIpc) is 3.19. The predicted octanol–water partition coefficient (Wildman–Crippen LogP) is 4.15. The third-order valence-corrected chi connectivity index (χ3v) is 8.11. The number of rotatable bonds is 3. The van der Waals surface area contributed by atoms with Gasteiger partial charge in [-0.25, -0.2) is 13.1 Å². The number of para-hydroxylation sites is 1. The molecule has 1 N–H and O–H groups in total. The summed E-state index contributed by atoms with van der Waals surface area (Å²) < 4.78 is 33.6. The molecule has 0 aliphatic carbocycles. The second-order valence-corrected chi connectivity index (χ2v) is 11.0. The molecule has 2 bridgehead atoms. The van der Waals surface area contributed by atoms with Gasteiger partial charge in [-0.15, -0.1) is 0 Å². The summed E-state index contributed by atoms with van der Waals surface area (Å²) in [6.45, 7) is 2.90. The summed E-state index contributed by atoms with van der Waals surface area (Å²) in [5.41, 5.74) is 3.20. The first kappa shape index (κ1) is 23.8. The van der Waals surface area contributed by atoms with E-state index in [9.17, 15) is 13.2 Å². The Kier molecular flexibility index (Phi) is 7.71. The Morgan fingerprint density at radius 3 is 2.73 bits per heavy atom. The summed E-state index contributed by atoms with van der Waals surface area (Å²) in [6.07, 6.45) is 5.57. The van der Waals surface area contributed by atoms with Gasteiger partial charge in [0.15, 0.2) is 0 Å². The zero-order valence-electron chi connectivity index (χ0n) is 19.3. The lowest BCUT2D eigenvalue weighted by molar-refractivity contribution is -0.132. The molecule has 0 spiro atoms. The second kappa shape index (κ2) is 10.7. The number of nitrogens with one attached hydrogen (secondary N) is 1. The number of fused-ring (bicyclic) bond motifs is 5. The predicted molar refractivity (Wildman–Crippen MR) is 131 cm³/mol. The Morgan fingerprint density at radius 2 is 1.88 bits per heavy atom. The first-order valence-electron chi connectivity index (χ1n) is 12.1. The minimum atomic E-state index is -3.36. The van der Waals surface area contributed by atoms with Gasteiger partial charge >= 0.3 is 0 Å². The van der Waals surface area contributed by atoms with Gasteiger partial charge in [0.2, 0.25) is 15.9 Å². The van der Waals surface area contributed by atoms with Gasteiger partial charge in [0.05, 0.1) is 18.4 Å². The number of benzene rings is 2. The minimum Gasteiger partial charge on any atom is -0.493 e. The highest BCUT2D eigenvalue weighted by Crippen LogP contribution is 2.32. The number of carbonyl (C=O) groups excluding carboxylic acids is 1. The van der Waals surface area contributed by atoms with E-state index in [1.165, 1.54) is 0 Å². The number of carbonyl (C=O) groups is 1. The molecule has 2 aliphatic heterocycles. The van der Waals surface area contributed by atoms with Crippen LogP contribution in [-0.4, -0.2) is 50.2 Å². The maximum absolute atomic E-state index is 13.1. The van der Waals surface area contributed by atoms with E-state index >= 15 is 0 Å². The Morgan fingerprint density at radius 1 is 1.06 bits per heavy atom. The highest BCUT2D eigenvalue weighted by Gasteiger charge is 2.38. The van der Waals surface area contributed by atoms with E-state index < -0.39 is 10.0 Å². The smallest absolute Gasteiger partial charge is 0.222 e. The van der Waals surface area contributed by atoms with Crippen molar-refractivity contribution in [3.63, 3.8) is 0 Å². The van der Waals surface area contributed by atoms with E-state index in [4.69, 9.17) is 4.74 Å². The van der Waals surface area contributed by atoms with Gasteiger partial charge < -0.3 is 9.64 Å². The fourth-order valence-electron chi connectivity index (χ4n) is 4.86. The molecule has 178 valence electrons. The summed E-state index contributed by atoms with van der Waals surface area (Å²) in [4.78, 5) is 15.0. The van der Waals surface area contributed by atoms with Gasteiger partial charge in [-0.1, -0.05) is 55.3 Å². The molecule has 2 heterocycles. The quantitative estimate of drug-likeness (QED) is 0.731. The van der Waals surface area contributed by atoms with Crippen LogP contribution in [0.5, 0.6) is 5.75 Å². The fourth-order valence-corrected chi connectivity index (χ4v) is 5.77. The Balaban J connectivity index is 1.67. The molecule has 6 nitrogen and oxygen atoms in total. The van der Waals surface area contributed by atoms with Gasteiger partial charge in [-0.05, 0) is 49.8 Å². The van der Waals surface area contributed by atoms with Crippen LogP contribution in [0.3, 0.4) is 0 Å². The maximum atomic E-state index is 13.1. The molecule has 33 heavy (non-hydrogen) atoms. The van der Waals surface area contributed by atoms with E-state index in [1.807, 2.05) is 29.2 Å². The molecule has 1 saturated heterocycles. The van der Waals surface area contributed by atoms with Crippen molar-refractivity contribution in [2.75, 3.05) is 18.9 Å². The zero-order chi connectivity index (χ0) is 23.3. The normalized spacial score (nSPS) is 22.3. The monoisotopic (exact) mass is 470 g/mol. The Labute approximate surface area is 197 Å². The fraction of sp³-hybridized carbons (Fsp3) is 0.500. The number of hydrogen-bond acceptors (Lipinski definition) is 4. The summed E-state index contributed by atoms with van der Waals surface area (Å²) >= 11 is 0. The SMILES string of the molecule is CCS(=O)(=O)NC1CCN2C(=O)CCCCCCOc3ccccc3-c3cccc(c3)CC12. The first-order valence-corrected chi connectivity index (χ1v) is 13.7. The average molecular weight is 471 g/mol. The highest BCUT2D eigenvalue weighted by atomic mass is 32.2. The number of sulfonamides is 1. The van der Waals surface area contributed by atoms with Crippen LogP contribution in [0, 0.1) is 0 Å². The largest absolute Gasteiger partial charge is 0.493 e. The van der Waals surface area contributed by atoms with Crippen molar-refractivity contribution in [1.29, 1.82) is 0 Å². The van der Waals surface area contributed by atoms with E-state index in [2.05, 4.69) is 29.0 Å². The van der Waals surface area contributed by atoms with E-state index in [-0.39, 0.29) is 23.7 Å². The molecular weight excluding hydrogens is 436 g/mol. The highest BCUT2D eigenvalue weighted by molar-refractivity contribution is 7.89. The third-order valence-electron chi connectivity index (χ3n) is 6.69. The van der Waals surface area contributed by atoms with Crippen molar-refractivity contribution in [2.45, 2.75) is 64.0 Å². The van der Waals surface area contributed by atoms with Gasteiger partial charge in [0.25, 0.3) is 0 Å².